The summed E-state index contributed by atoms with van der Waals surface area (Å²) in [6, 6.07) is 4.91. The monoisotopic (exact) mass is 210 g/mol. The fourth-order valence-electron chi connectivity index (χ4n) is 1.36. The number of aliphatic hydroxyl groups is 1. The van der Waals surface area contributed by atoms with E-state index in [1.54, 1.807) is 18.2 Å². The van der Waals surface area contributed by atoms with Crippen molar-refractivity contribution in [3.63, 3.8) is 0 Å². The molecule has 2 rings (SSSR count). The lowest BCUT2D eigenvalue weighted by atomic mass is 10.1. The summed E-state index contributed by atoms with van der Waals surface area (Å²) < 4.78 is 14.0. The van der Waals surface area contributed by atoms with Crippen LogP contribution in [0.3, 0.4) is 0 Å². The SMILES string of the molecule is O=Cc1ccc2sc(F)c(CO)c2c1. The van der Waals surface area contributed by atoms with E-state index in [4.69, 9.17) is 5.11 Å². The Balaban J connectivity index is 2.77. The quantitative estimate of drug-likeness (QED) is 0.772. The minimum atomic E-state index is -0.384. The number of carbonyl (C=O) groups excluding carboxylic acids is 1. The normalized spacial score (nSPS) is 10.7. The number of halogens is 1. The van der Waals surface area contributed by atoms with E-state index in [2.05, 4.69) is 0 Å². The Labute approximate surface area is 83.6 Å². The molecule has 0 fully saturated rings. The zero-order valence-corrected chi connectivity index (χ0v) is 7.97. The highest BCUT2D eigenvalue weighted by atomic mass is 32.1. The van der Waals surface area contributed by atoms with Gasteiger partial charge in [-0.15, -0.1) is 11.3 Å². The van der Waals surface area contributed by atoms with Gasteiger partial charge in [0.2, 0.25) is 0 Å². The van der Waals surface area contributed by atoms with E-state index < -0.39 is 0 Å². The fourth-order valence-corrected chi connectivity index (χ4v) is 2.28. The molecule has 0 unspecified atom stereocenters. The molecule has 1 N–H and O–H groups in total. The van der Waals surface area contributed by atoms with E-state index in [1.807, 2.05) is 0 Å². The maximum Gasteiger partial charge on any atom is 0.183 e. The Morgan fingerprint density at radius 1 is 1.50 bits per heavy atom. The van der Waals surface area contributed by atoms with Gasteiger partial charge in [0.15, 0.2) is 5.13 Å². The molecule has 1 aromatic heterocycles. The van der Waals surface area contributed by atoms with Crippen LogP contribution in [-0.2, 0) is 6.61 Å². The molecule has 2 aromatic rings. The maximum atomic E-state index is 13.2. The summed E-state index contributed by atoms with van der Waals surface area (Å²) in [4.78, 5) is 10.5. The third-order valence-corrected chi connectivity index (χ3v) is 3.06. The summed E-state index contributed by atoms with van der Waals surface area (Å²) in [5.41, 5.74) is 0.763. The molecule has 0 aliphatic heterocycles. The minimum absolute atomic E-state index is 0.272. The first kappa shape index (κ1) is 9.30. The molecule has 2 nitrogen and oxygen atoms in total. The van der Waals surface area contributed by atoms with Crippen molar-refractivity contribution in [3.05, 3.63) is 34.5 Å². The molecule has 0 atom stereocenters. The molecule has 0 spiro atoms. The number of thiophene rings is 1. The number of rotatable bonds is 2. The van der Waals surface area contributed by atoms with Gasteiger partial charge in [0.1, 0.15) is 6.29 Å². The molecule has 14 heavy (non-hydrogen) atoms. The molecular weight excluding hydrogens is 203 g/mol. The Hall–Kier alpha value is -1.26. The van der Waals surface area contributed by atoms with Gasteiger partial charge in [-0.3, -0.25) is 4.79 Å². The molecule has 0 radical (unpaired) electrons. The van der Waals surface area contributed by atoms with Crippen LogP contribution < -0.4 is 0 Å². The highest BCUT2D eigenvalue weighted by molar-refractivity contribution is 7.17. The van der Waals surface area contributed by atoms with Crippen molar-refractivity contribution in [2.24, 2.45) is 0 Å². The van der Waals surface area contributed by atoms with Gasteiger partial charge in [0, 0.05) is 21.2 Å². The first-order valence-electron chi connectivity index (χ1n) is 4.03. The predicted molar refractivity (Wildman–Crippen MR) is 53.1 cm³/mol. The summed E-state index contributed by atoms with van der Waals surface area (Å²) in [6.07, 6.45) is 0.705. The lowest BCUT2D eigenvalue weighted by Crippen LogP contribution is -1.84. The van der Waals surface area contributed by atoms with E-state index >= 15 is 0 Å². The van der Waals surface area contributed by atoms with E-state index in [9.17, 15) is 9.18 Å². The van der Waals surface area contributed by atoms with Gasteiger partial charge in [0.25, 0.3) is 0 Å². The smallest absolute Gasteiger partial charge is 0.183 e. The largest absolute Gasteiger partial charge is 0.392 e. The topological polar surface area (TPSA) is 37.3 Å². The van der Waals surface area contributed by atoms with Gasteiger partial charge in [-0.2, -0.15) is 4.39 Å². The summed E-state index contributed by atoms with van der Waals surface area (Å²) in [5, 5.41) is 9.19. The molecule has 0 aliphatic rings. The molecular formula is C10H7FO2S. The van der Waals surface area contributed by atoms with Crippen molar-refractivity contribution in [1.29, 1.82) is 0 Å². The highest BCUT2D eigenvalue weighted by Gasteiger charge is 2.10. The van der Waals surface area contributed by atoms with Crippen LogP contribution >= 0.6 is 11.3 Å². The number of hydrogen-bond acceptors (Lipinski definition) is 3. The molecule has 0 amide bonds. The van der Waals surface area contributed by atoms with Crippen molar-refractivity contribution in [2.75, 3.05) is 0 Å². The van der Waals surface area contributed by atoms with Gasteiger partial charge in [-0.25, -0.2) is 0 Å². The predicted octanol–water partition coefficient (Wildman–Crippen LogP) is 2.35. The second-order valence-electron chi connectivity index (χ2n) is 2.89. The average molecular weight is 210 g/mol. The number of aldehydes is 1. The molecule has 0 saturated heterocycles. The van der Waals surface area contributed by atoms with E-state index in [0.717, 1.165) is 16.0 Å². The number of hydrogen-bond donors (Lipinski definition) is 1. The van der Waals surface area contributed by atoms with Crippen LogP contribution in [0.1, 0.15) is 15.9 Å². The Kier molecular flexibility index (Phi) is 2.31. The van der Waals surface area contributed by atoms with Crippen molar-refractivity contribution in [2.45, 2.75) is 6.61 Å². The number of fused-ring (bicyclic) bond motifs is 1. The lowest BCUT2D eigenvalue weighted by molar-refractivity contribution is 0.112. The minimum Gasteiger partial charge on any atom is -0.392 e. The fraction of sp³-hybridized carbons (Fsp3) is 0.100. The van der Waals surface area contributed by atoms with Gasteiger partial charge >= 0.3 is 0 Å². The zero-order chi connectivity index (χ0) is 10.1. The Morgan fingerprint density at radius 2 is 2.29 bits per heavy atom. The summed E-state index contributed by atoms with van der Waals surface area (Å²) in [6.45, 7) is -0.339. The summed E-state index contributed by atoms with van der Waals surface area (Å²) >= 11 is 0.980. The number of aliphatic hydroxyl groups excluding tert-OH is 1. The Bertz CT molecular complexity index is 490. The van der Waals surface area contributed by atoms with Crippen LogP contribution in [0.25, 0.3) is 10.1 Å². The first-order chi connectivity index (χ1) is 6.76. The van der Waals surface area contributed by atoms with Crippen molar-refractivity contribution >= 4 is 27.7 Å². The van der Waals surface area contributed by atoms with Gasteiger partial charge in [-0.1, -0.05) is 6.07 Å². The van der Waals surface area contributed by atoms with Crippen LogP contribution in [0, 0.1) is 5.13 Å². The number of benzene rings is 1. The average Bonchev–Trinajstić information content (AvgIpc) is 2.52. The van der Waals surface area contributed by atoms with Crippen LogP contribution in [0.15, 0.2) is 18.2 Å². The van der Waals surface area contributed by atoms with Crippen LogP contribution in [0.2, 0.25) is 0 Å². The van der Waals surface area contributed by atoms with Crippen molar-refractivity contribution in [3.8, 4) is 0 Å². The molecule has 72 valence electrons. The Morgan fingerprint density at radius 3 is 2.93 bits per heavy atom. The number of carbonyl (C=O) groups is 1. The van der Waals surface area contributed by atoms with Gasteiger partial charge in [0.05, 0.1) is 6.61 Å². The van der Waals surface area contributed by atoms with Crippen LogP contribution in [-0.4, -0.2) is 11.4 Å². The zero-order valence-electron chi connectivity index (χ0n) is 7.16. The van der Waals surface area contributed by atoms with Gasteiger partial charge < -0.3 is 5.11 Å². The third kappa shape index (κ3) is 1.32. The van der Waals surface area contributed by atoms with E-state index in [1.165, 1.54) is 0 Å². The lowest BCUT2D eigenvalue weighted by Gasteiger charge is -1.94. The van der Waals surface area contributed by atoms with E-state index in [-0.39, 0.29) is 17.3 Å². The van der Waals surface area contributed by atoms with Crippen molar-refractivity contribution < 1.29 is 14.3 Å². The van der Waals surface area contributed by atoms with Crippen LogP contribution in [0.4, 0.5) is 4.39 Å². The second kappa shape index (κ2) is 3.48. The molecule has 0 saturated carbocycles. The second-order valence-corrected chi connectivity index (χ2v) is 3.89. The maximum absolute atomic E-state index is 13.2. The first-order valence-corrected chi connectivity index (χ1v) is 4.85. The van der Waals surface area contributed by atoms with Crippen LogP contribution in [0.5, 0.6) is 0 Å². The van der Waals surface area contributed by atoms with Crippen molar-refractivity contribution in [1.82, 2.24) is 0 Å². The molecule has 1 aromatic carbocycles. The molecule has 1 heterocycles. The summed E-state index contributed by atoms with van der Waals surface area (Å²) in [5.74, 6) is 0. The molecule has 4 heteroatoms. The van der Waals surface area contributed by atoms with E-state index in [0.29, 0.717) is 17.2 Å². The van der Waals surface area contributed by atoms with Gasteiger partial charge in [-0.05, 0) is 12.1 Å². The summed E-state index contributed by atoms with van der Waals surface area (Å²) in [7, 11) is 0. The third-order valence-electron chi connectivity index (χ3n) is 2.06. The molecule has 0 aliphatic carbocycles. The molecule has 0 bridgehead atoms. The standard InChI is InChI=1S/C10H7FO2S/c11-10-8(5-13)7-3-6(4-12)1-2-9(7)14-10/h1-4,13H,5H2. The highest BCUT2D eigenvalue weighted by Crippen LogP contribution is 2.30.